The minimum absolute atomic E-state index is 0.0537. The highest BCUT2D eigenvalue weighted by Crippen LogP contribution is 2.40. The Bertz CT molecular complexity index is 799. The highest BCUT2D eigenvalue weighted by atomic mass is 16.3. The van der Waals surface area contributed by atoms with Crippen LogP contribution >= 0.6 is 0 Å². The fraction of sp³-hybridized carbons (Fsp3) is 0.500. The molecule has 2 aliphatic rings. The molecule has 2 atom stereocenters. The van der Waals surface area contributed by atoms with Crippen LogP contribution in [0.2, 0.25) is 0 Å². The molecule has 0 bridgehead atoms. The molecule has 6 heteroatoms. The van der Waals surface area contributed by atoms with Gasteiger partial charge in [-0.3, -0.25) is 4.79 Å². The number of hydrogen-bond acceptors (Lipinski definition) is 4. The van der Waals surface area contributed by atoms with Crippen molar-refractivity contribution < 1.29 is 9.90 Å². The van der Waals surface area contributed by atoms with Gasteiger partial charge in [-0.15, -0.1) is 0 Å². The number of aliphatic hydroxyl groups excluding tert-OH is 1. The van der Waals surface area contributed by atoms with Crippen LogP contribution < -0.4 is 5.32 Å². The van der Waals surface area contributed by atoms with Gasteiger partial charge in [-0.2, -0.15) is 5.10 Å². The van der Waals surface area contributed by atoms with E-state index >= 15 is 0 Å². The summed E-state index contributed by atoms with van der Waals surface area (Å²) < 4.78 is 1.93. The van der Waals surface area contributed by atoms with Gasteiger partial charge in [-0.25, -0.2) is 4.68 Å². The van der Waals surface area contributed by atoms with E-state index in [1.54, 1.807) is 11.1 Å². The summed E-state index contributed by atoms with van der Waals surface area (Å²) in [5.74, 6) is 0.724. The van der Waals surface area contributed by atoms with Crippen molar-refractivity contribution in [2.45, 2.75) is 50.8 Å². The van der Waals surface area contributed by atoms with Crippen molar-refractivity contribution in [2.24, 2.45) is 0 Å². The number of carbonyl (C=O) groups excluding carboxylic acids is 1. The molecule has 2 aliphatic heterocycles. The lowest BCUT2D eigenvalue weighted by atomic mass is 9.89. The smallest absolute Gasteiger partial charge is 0.259 e. The third-order valence-electron chi connectivity index (χ3n) is 5.47. The Morgan fingerprint density at radius 3 is 2.81 bits per heavy atom. The number of β-amino-alcohol motifs (C(OH)–C–C–N with tert-alkyl or cyclic N) is 1. The molecule has 1 saturated heterocycles. The average Bonchev–Trinajstić information content (AvgIpc) is 3.06. The van der Waals surface area contributed by atoms with Crippen molar-refractivity contribution in [2.75, 3.05) is 18.4 Å². The second kappa shape index (κ2) is 6.43. The molecule has 1 amide bonds. The molecule has 0 saturated carbocycles. The Hall–Kier alpha value is -2.34. The van der Waals surface area contributed by atoms with E-state index in [1.807, 2.05) is 22.9 Å². The maximum Gasteiger partial charge on any atom is 0.259 e. The average molecular weight is 354 g/mol. The van der Waals surface area contributed by atoms with Crippen LogP contribution in [0, 0.1) is 0 Å². The van der Waals surface area contributed by atoms with Gasteiger partial charge in [0.2, 0.25) is 0 Å². The molecule has 1 fully saturated rings. The molecule has 2 aromatic rings. The minimum Gasteiger partial charge on any atom is -0.391 e. The van der Waals surface area contributed by atoms with Crippen LogP contribution in [0.15, 0.2) is 36.5 Å². The molecular formula is C20H26N4O2. The molecule has 0 spiro atoms. The summed E-state index contributed by atoms with van der Waals surface area (Å²) in [6, 6.07) is 10.4. The van der Waals surface area contributed by atoms with E-state index in [9.17, 15) is 9.90 Å². The van der Waals surface area contributed by atoms with E-state index in [0.717, 1.165) is 25.1 Å². The first-order valence-electron chi connectivity index (χ1n) is 9.33. The van der Waals surface area contributed by atoms with Crippen molar-refractivity contribution in [1.82, 2.24) is 14.7 Å². The summed E-state index contributed by atoms with van der Waals surface area (Å²) in [5, 5.41) is 18.0. The van der Waals surface area contributed by atoms with Crippen LogP contribution in [0.5, 0.6) is 0 Å². The van der Waals surface area contributed by atoms with Crippen molar-refractivity contribution in [3.8, 4) is 0 Å². The number of hydrogen-bond donors (Lipinski definition) is 2. The summed E-state index contributed by atoms with van der Waals surface area (Å²) in [5.41, 5.74) is 1.61. The lowest BCUT2D eigenvalue weighted by molar-refractivity contribution is 0.0474. The molecule has 3 heterocycles. The number of likely N-dealkylation sites (tertiary alicyclic amines) is 1. The Morgan fingerprint density at radius 1 is 1.31 bits per heavy atom. The highest BCUT2D eigenvalue weighted by molar-refractivity contribution is 5.99. The first-order valence-corrected chi connectivity index (χ1v) is 9.33. The number of aromatic nitrogens is 2. The van der Waals surface area contributed by atoms with Crippen molar-refractivity contribution >= 4 is 11.7 Å². The van der Waals surface area contributed by atoms with Crippen molar-refractivity contribution in [3.63, 3.8) is 0 Å². The number of piperidine rings is 1. The number of benzene rings is 1. The molecule has 2 N–H and O–H groups in total. The fourth-order valence-electron chi connectivity index (χ4n) is 4.10. The van der Waals surface area contributed by atoms with Gasteiger partial charge in [0.05, 0.1) is 23.9 Å². The van der Waals surface area contributed by atoms with Crippen LogP contribution in [0.1, 0.15) is 55.1 Å². The minimum atomic E-state index is -0.430. The summed E-state index contributed by atoms with van der Waals surface area (Å²) in [4.78, 5) is 14.8. The number of fused-ring (bicyclic) bond motifs is 1. The maximum absolute atomic E-state index is 13.1. The number of carbonyl (C=O) groups is 1. The standard InChI is InChI=1S/C20H26N4O2/c1-20(2)11-17(14-7-4-3-5-8-14)22-18-16(12-21-24(18)20)19(26)23-10-6-9-15(25)13-23/h3-5,7-8,12,15,17,22,25H,6,9-11,13H2,1-2H3. The lowest BCUT2D eigenvalue weighted by Crippen LogP contribution is -2.43. The van der Waals surface area contributed by atoms with E-state index in [-0.39, 0.29) is 17.5 Å². The molecule has 0 radical (unpaired) electrons. The van der Waals surface area contributed by atoms with Gasteiger partial charge in [-0.1, -0.05) is 30.3 Å². The van der Waals surface area contributed by atoms with Crippen LogP contribution in [-0.2, 0) is 5.54 Å². The first kappa shape index (κ1) is 17.1. The van der Waals surface area contributed by atoms with Crippen LogP contribution in [-0.4, -0.2) is 44.9 Å². The van der Waals surface area contributed by atoms with Gasteiger partial charge >= 0.3 is 0 Å². The SMILES string of the molecule is CC1(C)CC(c2ccccc2)Nc2c(C(=O)N3CCCC(O)C3)cnn21. The number of rotatable bonds is 2. The van der Waals surface area contributed by atoms with Gasteiger partial charge in [0.15, 0.2) is 0 Å². The van der Waals surface area contributed by atoms with Crippen LogP contribution in [0.25, 0.3) is 0 Å². The number of amides is 1. The monoisotopic (exact) mass is 354 g/mol. The predicted molar refractivity (Wildman–Crippen MR) is 100 cm³/mol. The molecular weight excluding hydrogens is 328 g/mol. The van der Waals surface area contributed by atoms with E-state index in [4.69, 9.17) is 0 Å². The topological polar surface area (TPSA) is 70.4 Å². The molecule has 6 nitrogen and oxygen atoms in total. The first-order chi connectivity index (χ1) is 12.5. The lowest BCUT2D eigenvalue weighted by Gasteiger charge is -2.38. The van der Waals surface area contributed by atoms with E-state index in [1.165, 1.54) is 5.56 Å². The Balaban J connectivity index is 1.67. The zero-order valence-corrected chi connectivity index (χ0v) is 15.4. The molecule has 138 valence electrons. The van der Waals surface area contributed by atoms with E-state index < -0.39 is 6.10 Å². The van der Waals surface area contributed by atoms with Crippen molar-refractivity contribution in [3.05, 3.63) is 47.7 Å². The summed E-state index contributed by atoms with van der Waals surface area (Å²) in [7, 11) is 0. The number of nitrogens with zero attached hydrogens (tertiary/aromatic N) is 3. The molecule has 1 aromatic carbocycles. The summed E-state index contributed by atoms with van der Waals surface area (Å²) in [6.07, 6.45) is 3.72. The third-order valence-corrected chi connectivity index (χ3v) is 5.47. The normalized spacial score (nSPS) is 24.7. The Morgan fingerprint density at radius 2 is 2.08 bits per heavy atom. The van der Waals surface area contributed by atoms with Gasteiger partial charge in [0.1, 0.15) is 11.4 Å². The van der Waals surface area contributed by atoms with Crippen LogP contribution in [0.4, 0.5) is 5.82 Å². The zero-order chi connectivity index (χ0) is 18.3. The summed E-state index contributed by atoms with van der Waals surface area (Å²) in [6.45, 7) is 5.39. The number of anilines is 1. The second-order valence-corrected chi connectivity index (χ2v) is 7.99. The Labute approximate surface area is 153 Å². The second-order valence-electron chi connectivity index (χ2n) is 7.99. The third kappa shape index (κ3) is 2.98. The predicted octanol–water partition coefficient (Wildman–Crippen LogP) is 2.77. The molecule has 26 heavy (non-hydrogen) atoms. The van der Waals surface area contributed by atoms with E-state index in [0.29, 0.717) is 18.7 Å². The highest BCUT2D eigenvalue weighted by Gasteiger charge is 2.37. The number of aliphatic hydroxyl groups is 1. The van der Waals surface area contributed by atoms with Crippen LogP contribution in [0.3, 0.4) is 0 Å². The zero-order valence-electron chi connectivity index (χ0n) is 15.4. The molecule has 0 aliphatic carbocycles. The molecule has 4 rings (SSSR count). The molecule has 1 aromatic heterocycles. The Kier molecular flexibility index (Phi) is 4.23. The van der Waals surface area contributed by atoms with Crippen molar-refractivity contribution in [1.29, 1.82) is 0 Å². The fourth-order valence-corrected chi connectivity index (χ4v) is 4.10. The van der Waals surface area contributed by atoms with Gasteiger partial charge in [0.25, 0.3) is 5.91 Å². The van der Waals surface area contributed by atoms with Gasteiger partial charge in [0, 0.05) is 13.1 Å². The summed E-state index contributed by atoms with van der Waals surface area (Å²) >= 11 is 0. The van der Waals surface area contributed by atoms with Gasteiger partial charge in [-0.05, 0) is 38.7 Å². The quantitative estimate of drug-likeness (QED) is 0.870. The number of nitrogens with one attached hydrogen (secondary N) is 1. The molecule has 2 unspecified atom stereocenters. The van der Waals surface area contributed by atoms with Gasteiger partial charge < -0.3 is 15.3 Å². The van der Waals surface area contributed by atoms with E-state index in [2.05, 4.69) is 36.4 Å². The largest absolute Gasteiger partial charge is 0.391 e. The maximum atomic E-state index is 13.1.